The summed E-state index contributed by atoms with van der Waals surface area (Å²) in [7, 11) is 0. The number of hydrogen-bond acceptors (Lipinski definition) is 5. The van der Waals surface area contributed by atoms with E-state index in [0.29, 0.717) is 5.56 Å². The Morgan fingerprint density at radius 3 is 2.72 bits per heavy atom. The summed E-state index contributed by atoms with van der Waals surface area (Å²) >= 11 is 3.22. The Labute approximate surface area is 115 Å². The zero-order valence-corrected chi connectivity index (χ0v) is 12.2. The van der Waals surface area contributed by atoms with E-state index in [1.807, 2.05) is 26.8 Å². The number of nitrogens with zero attached hydrogens (tertiary/aromatic N) is 3. The van der Waals surface area contributed by atoms with Gasteiger partial charge in [-0.1, -0.05) is 11.8 Å². The first-order valence-corrected chi connectivity index (χ1v) is 7.39. The van der Waals surface area contributed by atoms with Gasteiger partial charge >= 0.3 is 0 Å². The van der Waals surface area contributed by atoms with Gasteiger partial charge in [-0.05, 0) is 32.4 Å². The Morgan fingerprint density at radius 2 is 2.11 bits per heavy atom. The Hall–Kier alpha value is -1.38. The van der Waals surface area contributed by atoms with Crippen LogP contribution in [0.15, 0.2) is 16.5 Å². The van der Waals surface area contributed by atoms with Gasteiger partial charge in [0.1, 0.15) is 11.1 Å². The topological polar surface area (TPSA) is 49.6 Å². The average Bonchev–Trinajstić information content (AvgIpc) is 2.72. The van der Waals surface area contributed by atoms with Crippen LogP contribution in [0.1, 0.15) is 27.5 Å². The van der Waals surface area contributed by atoms with E-state index in [-0.39, 0.29) is 0 Å². The zero-order chi connectivity index (χ0) is 13.1. The molecule has 0 radical (unpaired) electrons. The minimum absolute atomic E-state index is 0.678. The molecule has 0 amide bonds. The van der Waals surface area contributed by atoms with Crippen LogP contribution in [0.3, 0.4) is 0 Å². The van der Waals surface area contributed by atoms with E-state index >= 15 is 0 Å². The van der Waals surface area contributed by atoms with Gasteiger partial charge in [0.2, 0.25) is 0 Å². The summed E-state index contributed by atoms with van der Waals surface area (Å²) in [6.07, 6.45) is 0. The van der Waals surface area contributed by atoms with E-state index in [4.69, 9.17) is 0 Å². The van der Waals surface area contributed by atoms with E-state index in [1.54, 1.807) is 23.1 Å². The van der Waals surface area contributed by atoms with E-state index in [0.717, 1.165) is 32.7 Å². The van der Waals surface area contributed by atoms with Crippen molar-refractivity contribution in [1.82, 2.24) is 9.97 Å². The molecule has 0 bridgehead atoms. The predicted octanol–water partition coefficient (Wildman–Crippen LogP) is 3.63. The molecule has 2 aromatic heterocycles. The molecule has 0 N–H and O–H groups in total. The Bertz CT molecular complexity index is 611. The fraction of sp³-hybridized carbons (Fsp3) is 0.308. The molecule has 2 aromatic rings. The maximum atomic E-state index is 9.17. The number of aromatic nitrogens is 2. The molecule has 92 valence electrons. The molecule has 0 saturated heterocycles. The Kier molecular flexibility index (Phi) is 4.00. The van der Waals surface area contributed by atoms with Crippen molar-refractivity contribution in [2.75, 3.05) is 0 Å². The van der Waals surface area contributed by atoms with Crippen LogP contribution in [0.4, 0.5) is 0 Å². The van der Waals surface area contributed by atoms with Gasteiger partial charge in [-0.15, -0.1) is 11.3 Å². The van der Waals surface area contributed by atoms with E-state index in [1.165, 1.54) is 0 Å². The normalized spacial score (nSPS) is 10.3. The fourth-order valence-electron chi connectivity index (χ4n) is 1.66. The third kappa shape index (κ3) is 2.89. The molecular formula is C13H13N3S2. The predicted molar refractivity (Wildman–Crippen MR) is 74.8 cm³/mol. The monoisotopic (exact) mass is 275 g/mol. The molecule has 0 spiro atoms. The molecule has 0 atom stereocenters. The van der Waals surface area contributed by atoms with Gasteiger partial charge < -0.3 is 0 Å². The minimum atomic E-state index is 0.678. The lowest BCUT2D eigenvalue weighted by Crippen LogP contribution is -1.94. The van der Waals surface area contributed by atoms with Crippen LogP contribution in [-0.2, 0) is 5.75 Å². The van der Waals surface area contributed by atoms with Gasteiger partial charge in [0.05, 0.1) is 16.3 Å². The zero-order valence-electron chi connectivity index (χ0n) is 10.5. The second-order valence-corrected chi connectivity index (χ2v) is 6.05. The summed E-state index contributed by atoms with van der Waals surface area (Å²) < 4.78 is 0. The molecule has 0 fully saturated rings. The summed E-state index contributed by atoms with van der Waals surface area (Å²) in [5.41, 5.74) is 3.66. The molecule has 0 saturated carbocycles. The van der Waals surface area contributed by atoms with Crippen molar-refractivity contribution in [1.29, 1.82) is 5.26 Å². The van der Waals surface area contributed by atoms with E-state index < -0.39 is 0 Å². The first-order chi connectivity index (χ1) is 8.60. The molecular weight excluding hydrogens is 262 g/mol. The molecule has 0 aliphatic carbocycles. The maximum absolute atomic E-state index is 9.17. The van der Waals surface area contributed by atoms with Crippen molar-refractivity contribution >= 4 is 23.1 Å². The van der Waals surface area contributed by atoms with Crippen LogP contribution in [0.2, 0.25) is 0 Å². The second kappa shape index (κ2) is 5.51. The Morgan fingerprint density at radius 1 is 1.33 bits per heavy atom. The summed E-state index contributed by atoms with van der Waals surface area (Å²) in [5, 5.41) is 13.1. The number of nitriles is 1. The first kappa shape index (κ1) is 13.1. The molecule has 0 aliphatic heterocycles. The largest absolute Gasteiger partial charge is 0.246 e. The van der Waals surface area contributed by atoms with Crippen molar-refractivity contribution in [3.05, 3.63) is 39.0 Å². The third-order valence-electron chi connectivity index (χ3n) is 2.45. The summed E-state index contributed by atoms with van der Waals surface area (Å²) in [6.45, 7) is 5.89. The van der Waals surface area contributed by atoms with E-state index in [2.05, 4.69) is 21.4 Å². The first-order valence-electron chi connectivity index (χ1n) is 5.52. The summed E-state index contributed by atoms with van der Waals surface area (Å²) in [5.74, 6) is 0.759. The van der Waals surface area contributed by atoms with Gasteiger partial charge in [-0.25, -0.2) is 9.97 Å². The van der Waals surface area contributed by atoms with Gasteiger partial charge in [0.15, 0.2) is 0 Å². The van der Waals surface area contributed by atoms with Crippen molar-refractivity contribution in [2.24, 2.45) is 0 Å². The maximum Gasteiger partial charge on any atom is 0.115 e. The van der Waals surface area contributed by atoms with Crippen molar-refractivity contribution in [2.45, 2.75) is 31.6 Å². The van der Waals surface area contributed by atoms with E-state index in [9.17, 15) is 5.26 Å². The number of hydrogen-bond donors (Lipinski definition) is 0. The molecule has 0 unspecified atom stereocenters. The number of rotatable bonds is 3. The molecule has 2 heterocycles. The molecule has 18 heavy (non-hydrogen) atoms. The lowest BCUT2D eigenvalue weighted by Gasteiger charge is -2.06. The summed E-state index contributed by atoms with van der Waals surface area (Å²) in [4.78, 5) is 8.86. The van der Waals surface area contributed by atoms with Gasteiger partial charge in [0, 0.05) is 16.8 Å². The van der Waals surface area contributed by atoms with Crippen LogP contribution < -0.4 is 0 Å². The highest BCUT2D eigenvalue weighted by molar-refractivity contribution is 7.98. The molecule has 2 rings (SSSR count). The number of pyridine rings is 1. The minimum Gasteiger partial charge on any atom is -0.246 e. The van der Waals surface area contributed by atoms with Crippen molar-refractivity contribution < 1.29 is 0 Å². The number of thiazole rings is 1. The Balaban J connectivity index is 2.21. The van der Waals surface area contributed by atoms with Crippen LogP contribution in [0.5, 0.6) is 0 Å². The average molecular weight is 275 g/mol. The highest BCUT2D eigenvalue weighted by Gasteiger charge is 2.10. The van der Waals surface area contributed by atoms with Crippen molar-refractivity contribution in [3.63, 3.8) is 0 Å². The van der Waals surface area contributed by atoms with Gasteiger partial charge in [-0.3, -0.25) is 0 Å². The molecule has 5 heteroatoms. The summed E-state index contributed by atoms with van der Waals surface area (Å²) in [6, 6.07) is 4.17. The quantitative estimate of drug-likeness (QED) is 0.803. The highest BCUT2D eigenvalue weighted by Crippen LogP contribution is 2.27. The second-order valence-electron chi connectivity index (χ2n) is 4.02. The lowest BCUT2D eigenvalue weighted by atomic mass is 10.1. The molecule has 0 aliphatic rings. The van der Waals surface area contributed by atoms with Gasteiger partial charge in [0.25, 0.3) is 0 Å². The van der Waals surface area contributed by atoms with Gasteiger partial charge in [-0.2, -0.15) is 5.26 Å². The smallest absolute Gasteiger partial charge is 0.115 e. The molecule has 3 nitrogen and oxygen atoms in total. The SMILES string of the molecule is Cc1cc(C)c(C#N)c(SCc2csc(C)n2)n1. The van der Waals surface area contributed by atoms with Crippen LogP contribution in [0.25, 0.3) is 0 Å². The fourth-order valence-corrected chi connectivity index (χ4v) is 3.37. The number of aryl methyl sites for hydroxylation is 3. The highest BCUT2D eigenvalue weighted by atomic mass is 32.2. The number of thioether (sulfide) groups is 1. The molecule has 0 aromatic carbocycles. The lowest BCUT2D eigenvalue weighted by molar-refractivity contribution is 1.03. The van der Waals surface area contributed by atoms with Crippen LogP contribution in [-0.4, -0.2) is 9.97 Å². The van der Waals surface area contributed by atoms with Crippen molar-refractivity contribution in [3.8, 4) is 6.07 Å². The third-order valence-corrected chi connectivity index (χ3v) is 4.28. The standard InChI is InChI=1S/C13H13N3S2/c1-8-4-9(2)15-13(12(8)5-14)18-7-11-6-17-10(3)16-11/h4,6H,7H2,1-3H3. The van der Waals surface area contributed by atoms with Crippen LogP contribution >= 0.6 is 23.1 Å². The van der Waals surface area contributed by atoms with Crippen LogP contribution in [0, 0.1) is 32.1 Å².